The zero-order valence-electron chi connectivity index (χ0n) is 16.9. The van der Waals surface area contributed by atoms with Gasteiger partial charge in [0.1, 0.15) is 5.78 Å². The molecule has 0 bridgehead atoms. The molecule has 1 saturated carbocycles. The maximum atomic E-state index is 11.1. The second kappa shape index (κ2) is 7.58. The van der Waals surface area contributed by atoms with Gasteiger partial charge in [0.05, 0.1) is 0 Å². The van der Waals surface area contributed by atoms with E-state index >= 15 is 0 Å². The number of carbonyl (C=O) groups excluding carboxylic acids is 1. The van der Waals surface area contributed by atoms with E-state index in [0.29, 0.717) is 23.0 Å². The monoisotopic (exact) mass is 330 g/mol. The van der Waals surface area contributed by atoms with Crippen LogP contribution in [0, 0.1) is 22.7 Å². The van der Waals surface area contributed by atoms with E-state index in [1.54, 1.807) is 12.5 Å². The third-order valence-corrected chi connectivity index (χ3v) is 7.11. The van der Waals surface area contributed by atoms with Gasteiger partial charge in [0.2, 0.25) is 0 Å². The molecule has 0 amide bonds. The standard InChI is InChI=1S/C23H38O/c1-17(9-7-10-19(3)24)11-13-20-18(2)12-14-21-22(4,5)15-8-16-23(20,21)6/h9,12,20-21H,7-8,10-11,13-16H2,1-6H3/b17-9-/t20?,21?,23-/m1/s1. The average molecular weight is 331 g/mol. The Labute approximate surface area is 150 Å². The number of Topliss-reactive ketones (excluding diaryl/α,β-unsaturated/α-hetero) is 1. The fourth-order valence-electron chi connectivity index (χ4n) is 5.69. The minimum Gasteiger partial charge on any atom is -0.300 e. The van der Waals surface area contributed by atoms with E-state index in [2.05, 4.69) is 46.8 Å². The summed E-state index contributed by atoms with van der Waals surface area (Å²) in [5.41, 5.74) is 4.04. The summed E-state index contributed by atoms with van der Waals surface area (Å²) in [6, 6.07) is 0. The van der Waals surface area contributed by atoms with E-state index < -0.39 is 0 Å². The summed E-state index contributed by atoms with van der Waals surface area (Å²) in [5, 5.41) is 0. The molecule has 3 atom stereocenters. The zero-order valence-corrected chi connectivity index (χ0v) is 16.9. The highest BCUT2D eigenvalue weighted by molar-refractivity contribution is 5.75. The van der Waals surface area contributed by atoms with Crippen molar-refractivity contribution in [3.05, 3.63) is 23.3 Å². The first-order chi connectivity index (χ1) is 11.2. The molecule has 24 heavy (non-hydrogen) atoms. The molecule has 0 radical (unpaired) electrons. The normalized spacial score (nSPS) is 32.9. The van der Waals surface area contributed by atoms with E-state index in [-0.39, 0.29) is 0 Å². The first-order valence-corrected chi connectivity index (χ1v) is 9.98. The fraction of sp³-hybridized carbons (Fsp3) is 0.783. The molecule has 2 rings (SSSR count). The van der Waals surface area contributed by atoms with Gasteiger partial charge in [-0.25, -0.2) is 0 Å². The van der Waals surface area contributed by atoms with Crippen LogP contribution in [0.1, 0.15) is 92.9 Å². The highest BCUT2D eigenvalue weighted by atomic mass is 16.1. The Morgan fingerprint density at radius 2 is 1.92 bits per heavy atom. The lowest BCUT2D eigenvalue weighted by Gasteiger charge is -2.57. The lowest BCUT2D eigenvalue weighted by atomic mass is 9.48. The number of rotatable bonds is 6. The van der Waals surface area contributed by atoms with Crippen molar-refractivity contribution in [2.75, 3.05) is 0 Å². The minimum absolute atomic E-state index is 0.296. The third kappa shape index (κ3) is 4.21. The Morgan fingerprint density at radius 1 is 1.21 bits per heavy atom. The largest absolute Gasteiger partial charge is 0.300 e. The highest BCUT2D eigenvalue weighted by Gasteiger charge is 2.51. The van der Waals surface area contributed by atoms with Gasteiger partial charge in [-0.2, -0.15) is 0 Å². The summed E-state index contributed by atoms with van der Waals surface area (Å²) in [6.07, 6.45) is 14.3. The van der Waals surface area contributed by atoms with Crippen LogP contribution in [0.5, 0.6) is 0 Å². The summed E-state index contributed by atoms with van der Waals surface area (Å²) < 4.78 is 0. The Bertz CT molecular complexity index is 522. The average Bonchev–Trinajstić information content (AvgIpc) is 2.45. The SMILES string of the molecule is CC(=O)CC/C=C(/C)CCC1C(C)=CCC2C(C)(C)CCC[C@]12C. The predicted molar refractivity (Wildman–Crippen MR) is 104 cm³/mol. The zero-order chi connectivity index (χ0) is 18.0. The summed E-state index contributed by atoms with van der Waals surface area (Å²) in [7, 11) is 0. The maximum absolute atomic E-state index is 11.1. The highest BCUT2D eigenvalue weighted by Crippen LogP contribution is 2.60. The van der Waals surface area contributed by atoms with Gasteiger partial charge in [-0.1, -0.05) is 50.5 Å². The van der Waals surface area contributed by atoms with E-state index in [1.165, 1.54) is 44.1 Å². The van der Waals surface area contributed by atoms with Crippen molar-refractivity contribution < 1.29 is 4.79 Å². The lowest BCUT2D eigenvalue weighted by molar-refractivity contribution is -0.116. The number of fused-ring (bicyclic) bond motifs is 1. The Kier molecular flexibility index (Phi) is 6.15. The Hall–Kier alpha value is -0.850. The van der Waals surface area contributed by atoms with Crippen LogP contribution in [0.25, 0.3) is 0 Å². The van der Waals surface area contributed by atoms with Gasteiger partial charge in [0, 0.05) is 6.42 Å². The molecule has 0 spiro atoms. The molecule has 2 aliphatic rings. The van der Waals surface area contributed by atoms with Crippen LogP contribution in [-0.2, 0) is 4.79 Å². The number of allylic oxidation sites excluding steroid dienone is 4. The first kappa shape index (κ1) is 19.5. The molecular formula is C23H38O. The molecule has 136 valence electrons. The molecule has 2 aliphatic carbocycles. The van der Waals surface area contributed by atoms with Crippen LogP contribution in [0.15, 0.2) is 23.3 Å². The lowest BCUT2D eigenvalue weighted by Crippen LogP contribution is -2.48. The Morgan fingerprint density at radius 3 is 2.58 bits per heavy atom. The molecule has 1 heteroatoms. The van der Waals surface area contributed by atoms with Gasteiger partial charge in [-0.15, -0.1) is 0 Å². The van der Waals surface area contributed by atoms with Gasteiger partial charge in [-0.3, -0.25) is 0 Å². The van der Waals surface area contributed by atoms with E-state index in [9.17, 15) is 4.79 Å². The van der Waals surface area contributed by atoms with Gasteiger partial charge < -0.3 is 4.79 Å². The summed E-state index contributed by atoms with van der Waals surface area (Å²) in [5.74, 6) is 1.85. The summed E-state index contributed by atoms with van der Waals surface area (Å²) in [4.78, 5) is 11.1. The van der Waals surface area contributed by atoms with Gasteiger partial charge in [-0.05, 0) is 82.0 Å². The van der Waals surface area contributed by atoms with Gasteiger partial charge in [0.15, 0.2) is 0 Å². The van der Waals surface area contributed by atoms with Crippen LogP contribution in [0.3, 0.4) is 0 Å². The number of hydrogen-bond donors (Lipinski definition) is 0. The van der Waals surface area contributed by atoms with Gasteiger partial charge >= 0.3 is 0 Å². The van der Waals surface area contributed by atoms with E-state index in [0.717, 1.165) is 18.3 Å². The van der Waals surface area contributed by atoms with Crippen LogP contribution < -0.4 is 0 Å². The van der Waals surface area contributed by atoms with Crippen molar-refractivity contribution in [3.8, 4) is 0 Å². The van der Waals surface area contributed by atoms with Crippen molar-refractivity contribution >= 4 is 5.78 Å². The number of ketones is 1. The van der Waals surface area contributed by atoms with Crippen molar-refractivity contribution in [2.45, 2.75) is 92.9 Å². The molecule has 0 aromatic rings. The molecule has 0 N–H and O–H groups in total. The summed E-state index contributed by atoms with van der Waals surface area (Å²) in [6.45, 7) is 13.9. The molecule has 0 aliphatic heterocycles. The molecule has 1 fully saturated rings. The predicted octanol–water partition coefficient (Wildman–Crippen LogP) is 6.88. The van der Waals surface area contributed by atoms with Crippen LogP contribution in [-0.4, -0.2) is 5.78 Å². The second-order valence-electron chi connectivity index (χ2n) is 9.47. The summed E-state index contributed by atoms with van der Waals surface area (Å²) >= 11 is 0. The quantitative estimate of drug-likeness (QED) is 0.485. The van der Waals surface area contributed by atoms with E-state index in [1.807, 2.05) is 0 Å². The molecular weight excluding hydrogens is 292 g/mol. The van der Waals surface area contributed by atoms with Gasteiger partial charge in [0.25, 0.3) is 0 Å². The maximum Gasteiger partial charge on any atom is 0.130 e. The fourth-order valence-corrected chi connectivity index (χ4v) is 5.69. The van der Waals surface area contributed by atoms with Crippen molar-refractivity contribution in [1.82, 2.24) is 0 Å². The van der Waals surface area contributed by atoms with Crippen LogP contribution in [0.2, 0.25) is 0 Å². The van der Waals surface area contributed by atoms with Crippen molar-refractivity contribution in [1.29, 1.82) is 0 Å². The van der Waals surface area contributed by atoms with Crippen LogP contribution in [0.4, 0.5) is 0 Å². The number of carbonyl (C=O) groups is 1. The molecule has 0 saturated heterocycles. The third-order valence-electron chi connectivity index (χ3n) is 7.11. The number of hydrogen-bond acceptors (Lipinski definition) is 1. The van der Waals surface area contributed by atoms with Crippen LogP contribution >= 0.6 is 0 Å². The Balaban J connectivity index is 2.06. The topological polar surface area (TPSA) is 17.1 Å². The molecule has 0 aromatic heterocycles. The van der Waals surface area contributed by atoms with E-state index in [4.69, 9.17) is 0 Å². The smallest absolute Gasteiger partial charge is 0.130 e. The minimum atomic E-state index is 0.296. The van der Waals surface area contributed by atoms with Crippen molar-refractivity contribution in [3.63, 3.8) is 0 Å². The molecule has 2 unspecified atom stereocenters. The molecule has 0 heterocycles. The second-order valence-corrected chi connectivity index (χ2v) is 9.47. The molecule has 0 aromatic carbocycles. The molecule has 1 nitrogen and oxygen atoms in total. The van der Waals surface area contributed by atoms with Crippen molar-refractivity contribution in [2.24, 2.45) is 22.7 Å². The first-order valence-electron chi connectivity index (χ1n) is 9.98.